The molecule has 5 nitrogen and oxygen atoms in total. The van der Waals surface area contributed by atoms with Gasteiger partial charge in [0, 0.05) is 25.4 Å². The molecule has 104 valence electrons. The predicted octanol–water partition coefficient (Wildman–Crippen LogP) is 2.49. The molecule has 0 aromatic carbocycles. The minimum Gasteiger partial charge on any atom is -0.471 e. The standard InChI is InChI=1S/C13H12ClN3O2S/c14-11-2-1-10(20-11)13(18)17-6-3-9(8-17)19-12-7-15-4-5-16-12/h1-2,4-5,7,9H,3,6,8H2/t9-/m1/s1. The fourth-order valence-electron chi connectivity index (χ4n) is 2.11. The SMILES string of the molecule is O=C(c1ccc(Cl)s1)N1CC[C@@H](Oc2cnccn2)C1. The number of carbonyl (C=O) groups is 1. The molecule has 20 heavy (non-hydrogen) atoms. The average Bonchev–Trinajstić information content (AvgIpc) is 3.08. The average molecular weight is 310 g/mol. The maximum atomic E-state index is 12.3. The van der Waals surface area contributed by atoms with Crippen LogP contribution in [0.5, 0.6) is 5.88 Å². The molecule has 0 unspecified atom stereocenters. The Balaban J connectivity index is 1.61. The maximum absolute atomic E-state index is 12.3. The summed E-state index contributed by atoms with van der Waals surface area (Å²) in [4.78, 5) is 22.7. The first-order valence-electron chi connectivity index (χ1n) is 6.19. The van der Waals surface area contributed by atoms with Crippen LogP contribution >= 0.6 is 22.9 Å². The molecule has 1 saturated heterocycles. The number of ether oxygens (including phenoxy) is 1. The Morgan fingerprint density at radius 3 is 3.05 bits per heavy atom. The van der Waals surface area contributed by atoms with Gasteiger partial charge >= 0.3 is 0 Å². The number of carbonyl (C=O) groups excluding carboxylic acids is 1. The highest BCUT2D eigenvalue weighted by molar-refractivity contribution is 7.17. The molecule has 2 aromatic rings. The van der Waals surface area contributed by atoms with E-state index < -0.39 is 0 Å². The molecule has 1 atom stereocenters. The second-order valence-electron chi connectivity index (χ2n) is 4.43. The van der Waals surface area contributed by atoms with E-state index in [4.69, 9.17) is 16.3 Å². The predicted molar refractivity (Wildman–Crippen MR) is 76.3 cm³/mol. The van der Waals surface area contributed by atoms with Gasteiger partial charge in [-0.15, -0.1) is 11.3 Å². The molecule has 0 N–H and O–H groups in total. The Morgan fingerprint density at radius 2 is 2.35 bits per heavy atom. The normalized spacial score (nSPS) is 18.2. The fraction of sp³-hybridized carbons (Fsp3) is 0.308. The van der Waals surface area contributed by atoms with Gasteiger partial charge < -0.3 is 9.64 Å². The third-order valence-electron chi connectivity index (χ3n) is 3.04. The van der Waals surface area contributed by atoms with Crippen LogP contribution in [0.15, 0.2) is 30.7 Å². The van der Waals surface area contributed by atoms with Crippen molar-refractivity contribution in [1.29, 1.82) is 0 Å². The van der Waals surface area contributed by atoms with Crippen LogP contribution in [0.25, 0.3) is 0 Å². The van der Waals surface area contributed by atoms with Gasteiger partial charge in [-0.05, 0) is 12.1 Å². The topological polar surface area (TPSA) is 55.3 Å². The largest absolute Gasteiger partial charge is 0.471 e. The van der Waals surface area contributed by atoms with Gasteiger partial charge in [0.15, 0.2) is 0 Å². The smallest absolute Gasteiger partial charge is 0.264 e. The highest BCUT2D eigenvalue weighted by Crippen LogP contribution is 2.25. The van der Waals surface area contributed by atoms with E-state index in [9.17, 15) is 4.79 Å². The third kappa shape index (κ3) is 2.91. The van der Waals surface area contributed by atoms with Crippen molar-refractivity contribution < 1.29 is 9.53 Å². The lowest BCUT2D eigenvalue weighted by Gasteiger charge is -2.15. The second-order valence-corrected chi connectivity index (χ2v) is 6.14. The molecule has 0 bridgehead atoms. The highest BCUT2D eigenvalue weighted by Gasteiger charge is 2.29. The van der Waals surface area contributed by atoms with E-state index in [1.165, 1.54) is 11.3 Å². The van der Waals surface area contributed by atoms with Crippen molar-refractivity contribution in [3.63, 3.8) is 0 Å². The Hall–Kier alpha value is -1.66. The van der Waals surface area contributed by atoms with E-state index in [2.05, 4.69) is 9.97 Å². The number of rotatable bonds is 3. The lowest BCUT2D eigenvalue weighted by atomic mass is 10.3. The van der Waals surface area contributed by atoms with E-state index in [0.29, 0.717) is 28.2 Å². The summed E-state index contributed by atoms with van der Waals surface area (Å²) < 4.78 is 6.33. The van der Waals surface area contributed by atoms with Gasteiger partial charge in [0.1, 0.15) is 6.10 Å². The molecule has 7 heteroatoms. The first-order valence-corrected chi connectivity index (χ1v) is 7.39. The number of likely N-dealkylation sites (tertiary alicyclic amines) is 1. The molecule has 0 saturated carbocycles. The van der Waals surface area contributed by atoms with Gasteiger partial charge in [-0.25, -0.2) is 4.98 Å². The van der Waals surface area contributed by atoms with E-state index in [-0.39, 0.29) is 12.0 Å². The molecule has 3 rings (SSSR count). The third-order valence-corrected chi connectivity index (χ3v) is 4.26. The van der Waals surface area contributed by atoms with Gasteiger partial charge in [0.2, 0.25) is 5.88 Å². The Bertz CT molecular complexity index is 605. The summed E-state index contributed by atoms with van der Waals surface area (Å²) >= 11 is 7.15. The quantitative estimate of drug-likeness (QED) is 0.874. The van der Waals surface area contributed by atoms with Crippen LogP contribution in [0, 0.1) is 0 Å². The summed E-state index contributed by atoms with van der Waals surface area (Å²) in [5, 5.41) is 0. The summed E-state index contributed by atoms with van der Waals surface area (Å²) in [6, 6.07) is 3.50. The van der Waals surface area contributed by atoms with E-state index >= 15 is 0 Å². The number of aromatic nitrogens is 2. The Labute approximate surface area is 125 Å². The lowest BCUT2D eigenvalue weighted by Crippen LogP contribution is -2.30. The van der Waals surface area contributed by atoms with Crippen molar-refractivity contribution in [2.24, 2.45) is 0 Å². The molecule has 3 heterocycles. The summed E-state index contributed by atoms with van der Waals surface area (Å²) in [6.45, 7) is 1.24. The zero-order chi connectivity index (χ0) is 13.9. The molecule has 1 aliphatic rings. The first-order chi connectivity index (χ1) is 9.72. The molecule has 2 aromatic heterocycles. The Kier molecular flexibility index (Phi) is 3.84. The Morgan fingerprint density at radius 1 is 1.45 bits per heavy atom. The van der Waals surface area contributed by atoms with Crippen molar-refractivity contribution in [2.75, 3.05) is 13.1 Å². The van der Waals surface area contributed by atoms with Crippen LogP contribution in [-0.2, 0) is 0 Å². The van der Waals surface area contributed by atoms with Gasteiger partial charge in [0.05, 0.1) is 22.0 Å². The molecule has 0 aliphatic carbocycles. The summed E-state index contributed by atoms with van der Waals surface area (Å²) in [7, 11) is 0. The van der Waals surface area contributed by atoms with Crippen molar-refractivity contribution >= 4 is 28.8 Å². The van der Waals surface area contributed by atoms with Crippen molar-refractivity contribution in [3.8, 4) is 5.88 Å². The number of hydrogen-bond acceptors (Lipinski definition) is 5. The maximum Gasteiger partial charge on any atom is 0.264 e. The molecular formula is C13H12ClN3O2S. The van der Waals surface area contributed by atoms with Gasteiger partial charge in [-0.1, -0.05) is 11.6 Å². The second kappa shape index (κ2) is 5.76. The summed E-state index contributed by atoms with van der Waals surface area (Å²) in [5.74, 6) is 0.498. The van der Waals surface area contributed by atoms with Crippen LogP contribution in [-0.4, -0.2) is 40.0 Å². The lowest BCUT2D eigenvalue weighted by molar-refractivity contribution is 0.0776. The summed E-state index contributed by atoms with van der Waals surface area (Å²) in [6.07, 6.45) is 5.51. The zero-order valence-electron chi connectivity index (χ0n) is 10.5. The van der Waals surface area contributed by atoms with Gasteiger partial charge in [-0.2, -0.15) is 0 Å². The highest BCUT2D eigenvalue weighted by atomic mass is 35.5. The number of halogens is 1. The first kappa shape index (κ1) is 13.3. The summed E-state index contributed by atoms with van der Waals surface area (Å²) in [5.41, 5.74) is 0. The minimum absolute atomic E-state index is 0.00662. The molecule has 1 aliphatic heterocycles. The molecule has 1 amide bonds. The van der Waals surface area contributed by atoms with Crippen molar-refractivity contribution in [3.05, 3.63) is 39.9 Å². The monoisotopic (exact) mass is 309 g/mol. The van der Waals surface area contributed by atoms with Crippen LogP contribution in [0.3, 0.4) is 0 Å². The van der Waals surface area contributed by atoms with Crippen LogP contribution in [0.2, 0.25) is 4.34 Å². The molecule has 0 radical (unpaired) electrons. The van der Waals surface area contributed by atoms with Crippen molar-refractivity contribution in [2.45, 2.75) is 12.5 Å². The number of thiophene rings is 1. The molecule has 1 fully saturated rings. The number of hydrogen-bond donors (Lipinski definition) is 0. The minimum atomic E-state index is -0.0360. The number of amides is 1. The molecular weight excluding hydrogens is 298 g/mol. The van der Waals surface area contributed by atoms with E-state index in [0.717, 1.165) is 6.42 Å². The van der Waals surface area contributed by atoms with E-state index in [1.807, 2.05) is 0 Å². The molecule has 0 spiro atoms. The number of nitrogens with zero attached hydrogens (tertiary/aromatic N) is 3. The van der Waals surface area contributed by atoms with Crippen LogP contribution < -0.4 is 4.74 Å². The van der Waals surface area contributed by atoms with E-state index in [1.54, 1.807) is 35.6 Å². The fourth-order valence-corrected chi connectivity index (χ4v) is 3.12. The van der Waals surface area contributed by atoms with Gasteiger partial charge in [-0.3, -0.25) is 9.78 Å². The van der Waals surface area contributed by atoms with Crippen molar-refractivity contribution in [1.82, 2.24) is 14.9 Å². The van der Waals surface area contributed by atoms with Gasteiger partial charge in [0.25, 0.3) is 5.91 Å². The van der Waals surface area contributed by atoms with Crippen LogP contribution in [0.4, 0.5) is 0 Å². The van der Waals surface area contributed by atoms with Crippen LogP contribution in [0.1, 0.15) is 16.1 Å². The zero-order valence-corrected chi connectivity index (χ0v) is 12.1.